The van der Waals surface area contributed by atoms with Crippen LogP contribution in [-0.2, 0) is 0 Å². The van der Waals surface area contributed by atoms with E-state index in [1.807, 2.05) is 19.2 Å². The molecule has 2 heteroatoms. The molecular formula is C9H12ClN. The summed E-state index contributed by atoms with van der Waals surface area (Å²) in [7, 11) is 0. The van der Waals surface area contributed by atoms with Gasteiger partial charge in [0.15, 0.2) is 0 Å². The molecule has 0 fully saturated rings. The molecule has 0 aliphatic rings. The maximum Gasteiger partial charge on any atom is 0.0443 e. The van der Waals surface area contributed by atoms with Crippen molar-refractivity contribution < 1.29 is 0 Å². The first-order valence-corrected chi connectivity index (χ1v) is 4.26. The lowest BCUT2D eigenvalue weighted by molar-refractivity contribution is 0.828. The third-order valence-electron chi connectivity index (χ3n) is 1.67. The third-order valence-corrected chi connectivity index (χ3v) is 2.13. The van der Waals surface area contributed by atoms with E-state index < -0.39 is 0 Å². The number of pyridine rings is 1. The summed E-state index contributed by atoms with van der Waals surface area (Å²) in [6.07, 6.45) is 1.87. The Labute approximate surface area is 72.4 Å². The van der Waals surface area contributed by atoms with Crippen molar-refractivity contribution in [2.45, 2.75) is 19.8 Å². The van der Waals surface area contributed by atoms with Crippen molar-refractivity contribution in [2.24, 2.45) is 0 Å². The predicted octanol–water partition coefficient (Wildman–Crippen LogP) is 2.73. The number of hydrogen-bond donors (Lipinski definition) is 0. The number of rotatable bonds is 2. The van der Waals surface area contributed by atoms with Gasteiger partial charge in [-0.05, 0) is 18.6 Å². The second-order valence-electron chi connectivity index (χ2n) is 2.82. The van der Waals surface area contributed by atoms with Crippen molar-refractivity contribution in [3.8, 4) is 0 Å². The Morgan fingerprint density at radius 2 is 2.27 bits per heavy atom. The van der Waals surface area contributed by atoms with Gasteiger partial charge in [0.1, 0.15) is 0 Å². The van der Waals surface area contributed by atoms with Crippen LogP contribution in [0, 0.1) is 6.92 Å². The van der Waals surface area contributed by atoms with Crippen LogP contribution < -0.4 is 0 Å². The average Bonchev–Trinajstić information content (AvgIpc) is 2.05. The molecule has 0 bridgehead atoms. The zero-order valence-corrected chi connectivity index (χ0v) is 7.60. The van der Waals surface area contributed by atoms with E-state index in [9.17, 15) is 0 Å². The molecule has 0 amide bonds. The van der Waals surface area contributed by atoms with E-state index >= 15 is 0 Å². The van der Waals surface area contributed by atoms with E-state index in [0.717, 1.165) is 5.69 Å². The van der Waals surface area contributed by atoms with Gasteiger partial charge >= 0.3 is 0 Å². The largest absolute Gasteiger partial charge is 0.261 e. The first-order valence-electron chi connectivity index (χ1n) is 3.72. The molecule has 0 aliphatic heterocycles. The second-order valence-corrected chi connectivity index (χ2v) is 3.12. The fourth-order valence-corrected chi connectivity index (χ4v) is 1.01. The average molecular weight is 170 g/mol. The number of alkyl halides is 1. The Hall–Kier alpha value is -0.560. The molecule has 0 radical (unpaired) electrons. The van der Waals surface area contributed by atoms with Crippen LogP contribution in [0.1, 0.15) is 24.1 Å². The second kappa shape index (κ2) is 3.72. The van der Waals surface area contributed by atoms with Gasteiger partial charge in [-0.15, -0.1) is 11.6 Å². The molecule has 0 aliphatic carbocycles. The zero-order valence-electron chi connectivity index (χ0n) is 6.84. The Morgan fingerprint density at radius 1 is 1.55 bits per heavy atom. The van der Waals surface area contributed by atoms with Gasteiger partial charge in [0.25, 0.3) is 0 Å². The van der Waals surface area contributed by atoms with Crippen molar-refractivity contribution in [3.63, 3.8) is 0 Å². The van der Waals surface area contributed by atoms with Crippen LogP contribution in [0.4, 0.5) is 0 Å². The van der Waals surface area contributed by atoms with Crippen LogP contribution >= 0.6 is 11.6 Å². The van der Waals surface area contributed by atoms with E-state index in [1.54, 1.807) is 0 Å². The Kier molecular flexibility index (Phi) is 2.89. The Balaban J connectivity index is 2.81. The fraction of sp³-hybridized carbons (Fsp3) is 0.444. The van der Waals surface area contributed by atoms with Gasteiger partial charge in [0.2, 0.25) is 0 Å². The van der Waals surface area contributed by atoms with E-state index in [2.05, 4.69) is 18.0 Å². The molecule has 11 heavy (non-hydrogen) atoms. The topological polar surface area (TPSA) is 12.9 Å². The summed E-state index contributed by atoms with van der Waals surface area (Å²) in [5, 5.41) is 0. The highest BCUT2D eigenvalue weighted by Gasteiger charge is 2.03. The van der Waals surface area contributed by atoms with Crippen molar-refractivity contribution >= 4 is 11.6 Å². The number of aryl methyl sites for hydroxylation is 1. The number of nitrogens with zero attached hydrogens (tertiary/aromatic N) is 1. The smallest absolute Gasteiger partial charge is 0.0443 e. The summed E-state index contributed by atoms with van der Waals surface area (Å²) in [6.45, 7) is 4.10. The van der Waals surface area contributed by atoms with E-state index in [0.29, 0.717) is 11.8 Å². The Morgan fingerprint density at radius 3 is 2.73 bits per heavy atom. The van der Waals surface area contributed by atoms with Gasteiger partial charge in [0.05, 0.1) is 0 Å². The number of aromatic nitrogens is 1. The molecule has 0 aromatic carbocycles. The van der Waals surface area contributed by atoms with Crippen LogP contribution in [0.2, 0.25) is 0 Å². The number of halogens is 1. The molecule has 60 valence electrons. The highest BCUT2D eigenvalue weighted by Crippen LogP contribution is 2.13. The third kappa shape index (κ3) is 2.19. The first-order chi connectivity index (χ1) is 5.24. The minimum Gasteiger partial charge on any atom is -0.261 e. The van der Waals surface area contributed by atoms with Crippen LogP contribution in [-0.4, -0.2) is 10.9 Å². The minimum atomic E-state index is 0.359. The summed E-state index contributed by atoms with van der Waals surface area (Å²) >= 11 is 5.69. The summed E-state index contributed by atoms with van der Waals surface area (Å²) in [5.74, 6) is 0.994. The minimum absolute atomic E-state index is 0.359. The summed E-state index contributed by atoms with van der Waals surface area (Å²) < 4.78 is 0. The van der Waals surface area contributed by atoms with Crippen LogP contribution in [0.5, 0.6) is 0 Å². The molecule has 1 aromatic rings. The van der Waals surface area contributed by atoms with Crippen LogP contribution in [0.3, 0.4) is 0 Å². The molecule has 1 rings (SSSR count). The van der Waals surface area contributed by atoms with Gasteiger partial charge < -0.3 is 0 Å². The van der Waals surface area contributed by atoms with Crippen molar-refractivity contribution in [1.29, 1.82) is 0 Å². The SMILES string of the molecule is Cc1ccc(C(C)CCl)nc1. The van der Waals surface area contributed by atoms with Crippen molar-refractivity contribution in [3.05, 3.63) is 29.6 Å². The van der Waals surface area contributed by atoms with Gasteiger partial charge in [0, 0.05) is 23.7 Å². The van der Waals surface area contributed by atoms with E-state index in [1.165, 1.54) is 5.56 Å². The monoisotopic (exact) mass is 169 g/mol. The van der Waals surface area contributed by atoms with Crippen molar-refractivity contribution in [2.75, 3.05) is 5.88 Å². The van der Waals surface area contributed by atoms with Gasteiger partial charge in [-0.2, -0.15) is 0 Å². The van der Waals surface area contributed by atoms with Gasteiger partial charge in [-0.25, -0.2) is 0 Å². The molecular weight excluding hydrogens is 158 g/mol. The maximum atomic E-state index is 5.69. The lowest BCUT2D eigenvalue weighted by Gasteiger charge is -2.05. The highest BCUT2D eigenvalue weighted by molar-refractivity contribution is 6.18. The molecule has 0 N–H and O–H groups in total. The summed E-state index contributed by atoms with van der Waals surface area (Å²) in [6, 6.07) is 4.09. The lowest BCUT2D eigenvalue weighted by atomic mass is 10.1. The van der Waals surface area contributed by atoms with E-state index in [4.69, 9.17) is 11.6 Å². The summed E-state index contributed by atoms with van der Waals surface area (Å²) in [4.78, 5) is 4.26. The van der Waals surface area contributed by atoms with Crippen molar-refractivity contribution in [1.82, 2.24) is 4.98 Å². The number of hydrogen-bond acceptors (Lipinski definition) is 1. The summed E-state index contributed by atoms with van der Waals surface area (Å²) in [5.41, 5.74) is 2.26. The Bertz CT molecular complexity index is 218. The quantitative estimate of drug-likeness (QED) is 0.621. The van der Waals surface area contributed by atoms with Crippen LogP contribution in [0.25, 0.3) is 0 Å². The normalized spacial score (nSPS) is 13.0. The van der Waals surface area contributed by atoms with Gasteiger partial charge in [-0.1, -0.05) is 13.0 Å². The predicted molar refractivity (Wildman–Crippen MR) is 48.1 cm³/mol. The molecule has 1 nitrogen and oxygen atoms in total. The van der Waals surface area contributed by atoms with E-state index in [-0.39, 0.29) is 0 Å². The van der Waals surface area contributed by atoms with Gasteiger partial charge in [-0.3, -0.25) is 4.98 Å². The molecule has 0 spiro atoms. The molecule has 0 saturated carbocycles. The highest BCUT2D eigenvalue weighted by atomic mass is 35.5. The molecule has 0 saturated heterocycles. The lowest BCUT2D eigenvalue weighted by Crippen LogP contribution is -1.97. The first kappa shape index (κ1) is 8.54. The zero-order chi connectivity index (χ0) is 8.27. The molecule has 1 unspecified atom stereocenters. The fourth-order valence-electron chi connectivity index (χ4n) is 0.850. The standard InChI is InChI=1S/C9H12ClN/c1-7-3-4-9(11-6-7)8(2)5-10/h3-4,6,8H,5H2,1-2H3. The van der Waals surface area contributed by atoms with Crippen LogP contribution in [0.15, 0.2) is 18.3 Å². The molecule has 1 aromatic heterocycles. The maximum absolute atomic E-state index is 5.69. The molecule has 1 atom stereocenters. The molecule has 1 heterocycles.